The van der Waals surface area contributed by atoms with Gasteiger partial charge in [-0.05, 0) is 90.2 Å². The molecular formula is C37H44N8. The van der Waals surface area contributed by atoms with Crippen LogP contribution in [-0.2, 0) is 0 Å². The van der Waals surface area contributed by atoms with Crippen LogP contribution in [0.1, 0.15) is 36.8 Å². The van der Waals surface area contributed by atoms with Gasteiger partial charge in [0, 0.05) is 36.6 Å². The van der Waals surface area contributed by atoms with E-state index in [2.05, 4.69) is 96.5 Å². The topological polar surface area (TPSA) is 74.8 Å². The SMILES string of the molecule is CN(C)CCCCN=Cc1ccc(-c2nc(-c3ccc(C=NCCCCN(C)C)cc3)c3cnn(-c4ccccc4)c3n2)cc1. The lowest BCUT2D eigenvalue weighted by atomic mass is 10.1. The van der Waals surface area contributed by atoms with Crippen molar-refractivity contribution < 1.29 is 0 Å². The Balaban J connectivity index is 1.40. The monoisotopic (exact) mass is 600 g/mol. The second-order valence-corrected chi connectivity index (χ2v) is 11.9. The lowest BCUT2D eigenvalue weighted by molar-refractivity contribution is 0.396. The first-order valence-corrected chi connectivity index (χ1v) is 15.8. The van der Waals surface area contributed by atoms with E-state index in [9.17, 15) is 0 Å². The van der Waals surface area contributed by atoms with Crippen LogP contribution in [0, 0.1) is 0 Å². The van der Waals surface area contributed by atoms with E-state index in [0.717, 1.165) is 96.5 Å². The molecule has 0 aliphatic carbocycles. The smallest absolute Gasteiger partial charge is 0.167 e. The minimum absolute atomic E-state index is 0.658. The maximum Gasteiger partial charge on any atom is 0.167 e. The molecule has 8 heteroatoms. The summed E-state index contributed by atoms with van der Waals surface area (Å²) in [7, 11) is 8.42. The van der Waals surface area contributed by atoms with Gasteiger partial charge in [0.2, 0.25) is 0 Å². The maximum absolute atomic E-state index is 5.09. The van der Waals surface area contributed by atoms with E-state index in [4.69, 9.17) is 15.1 Å². The van der Waals surface area contributed by atoms with Gasteiger partial charge in [-0.1, -0.05) is 66.7 Å². The number of para-hydroxylation sites is 1. The van der Waals surface area contributed by atoms with Crippen molar-refractivity contribution in [2.75, 3.05) is 54.4 Å². The molecule has 5 aromatic rings. The summed E-state index contributed by atoms with van der Waals surface area (Å²) >= 11 is 0. The Labute approximate surface area is 267 Å². The van der Waals surface area contributed by atoms with Gasteiger partial charge in [-0.25, -0.2) is 14.6 Å². The van der Waals surface area contributed by atoms with Crippen molar-refractivity contribution in [3.8, 4) is 28.3 Å². The molecule has 0 atom stereocenters. The minimum atomic E-state index is 0.658. The Morgan fingerprint density at radius 2 is 1.20 bits per heavy atom. The molecule has 5 rings (SSSR count). The first-order valence-electron chi connectivity index (χ1n) is 15.8. The molecule has 0 unspecified atom stereocenters. The molecule has 0 spiro atoms. The summed E-state index contributed by atoms with van der Waals surface area (Å²) in [5, 5.41) is 5.63. The van der Waals surface area contributed by atoms with Gasteiger partial charge in [-0.2, -0.15) is 5.10 Å². The normalized spacial score (nSPS) is 12.0. The van der Waals surface area contributed by atoms with Crippen LogP contribution in [0.5, 0.6) is 0 Å². The number of rotatable bonds is 15. The number of hydrogen-bond donors (Lipinski definition) is 0. The molecule has 0 saturated carbocycles. The van der Waals surface area contributed by atoms with E-state index in [1.807, 2.05) is 53.6 Å². The van der Waals surface area contributed by atoms with Gasteiger partial charge >= 0.3 is 0 Å². The third-order valence-corrected chi connectivity index (χ3v) is 7.55. The van der Waals surface area contributed by atoms with E-state index < -0.39 is 0 Å². The highest BCUT2D eigenvalue weighted by molar-refractivity contribution is 5.93. The van der Waals surface area contributed by atoms with Gasteiger partial charge < -0.3 is 9.80 Å². The second kappa shape index (κ2) is 16.0. The number of aromatic nitrogens is 4. The van der Waals surface area contributed by atoms with Gasteiger partial charge in [0.25, 0.3) is 0 Å². The van der Waals surface area contributed by atoms with Gasteiger partial charge in [0.05, 0.1) is 23.0 Å². The third kappa shape index (κ3) is 9.00. The summed E-state index contributed by atoms with van der Waals surface area (Å²) in [6, 6.07) is 26.8. The fourth-order valence-corrected chi connectivity index (χ4v) is 5.06. The average Bonchev–Trinajstić information content (AvgIpc) is 3.49. The van der Waals surface area contributed by atoms with Gasteiger partial charge in [0.15, 0.2) is 11.5 Å². The van der Waals surface area contributed by atoms with Crippen LogP contribution in [0.4, 0.5) is 0 Å². The van der Waals surface area contributed by atoms with E-state index in [-0.39, 0.29) is 0 Å². The molecule has 232 valence electrons. The highest BCUT2D eigenvalue weighted by Crippen LogP contribution is 2.30. The first-order chi connectivity index (χ1) is 22.0. The fraction of sp³-hybridized carbons (Fsp3) is 0.324. The molecule has 0 radical (unpaired) electrons. The predicted molar refractivity (Wildman–Crippen MR) is 188 cm³/mol. The highest BCUT2D eigenvalue weighted by atomic mass is 15.3. The van der Waals surface area contributed by atoms with Crippen LogP contribution in [0.3, 0.4) is 0 Å². The van der Waals surface area contributed by atoms with Crippen molar-refractivity contribution in [3.05, 3.63) is 96.2 Å². The predicted octanol–water partition coefficient (Wildman–Crippen LogP) is 6.67. The summed E-state index contributed by atoms with van der Waals surface area (Å²) in [4.78, 5) is 23.8. The lowest BCUT2D eigenvalue weighted by Gasteiger charge is -2.09. The van der Waals surface area contributed by atoms with Crippen molar-refractivity contribution >= 4 is 23.5 Å². The maximum atomic E-state index is 5.09. The summed E-state index contributed by atoms with van der Waals surface area (Å²) in [6.45, 7) is 3.86. The second-order valence-electron chi connectivity index (χ2n) is 11.9. The Hall–Kier alpha value is -4.53. The molecule has 0 fully saturated rings. The molecule has 2 heterocycles. The summed E-state index contributed by atoms with van der Waals surface area (Å²) in [5.41, 5.74) is 6.68. The molecule has 0 bridgehead atoms. The Bertz CT molecular complexity index is 1690. The molecule has 3 aromatic carbocycles. The van der Waals surface area contributed by atoms with Crippen LogP contribution in [0.25, 0.3) is 39.4 Å². The van der Waals surface area contributed by atoms with Gasteiger partial charge in [0.1, 0.15) is 0 Å². The Morgan fingerprint density at radius 1 is 0.644 bits per heavy atom. The minimum Gasteiger partial charge on any atom is -0.309 e. The molecule has 0 saturated heterocycles. The van der Waals surface area contributed by atoms with Crippen LogP contribution in [0.15, 0.2) is 95.0 Å². The van der Waals surface area contributed by atoms with Crippen molar-refractivity contribution in [2.45, 2.75) is 25.7 Å². The zero-order valence-electron chi connectivity index (χ0n) is 27.0. The van der Waals surface area contributed by atoms with E-state index in [1.165, 1.54) is 0 Å². The molecule has 0 aliphatic heterocycles. The Morgan fingerprint density at radius 3 is 1.76 bits per heavy atom. The molecule has 2 aromatic heterocycles. The molecule has 0 N–H and O–H groups in total. The van der Waals surface area contributed by atoms with Crippen LogP contribution < -0.4 is 0 Å². The van der Waals surface area contributed by atoms with E-state index >= 15 is 0 Å². The third-order valence-electron chi connectivity index (χ3n) is 7.55. The van der Waals surface area contributed by atoms with E-state index in [1.54, 1.807) is 0 Å². The number of nitrogens with zero attached hydrogens (tertiary/aromatic N) is 8. The molecule has 45 heavy (non-hydrogen) atoms. The fourth-order valence-electron chi connectivity index (χ4n) is 5.06. The van der Waals surface area contributed by atoms with Crippen molar-refractivity contribution in [3.63, 3.8) is 0 Å². The van der Waals surface area contributed by atoms with Crippen LogP contribution in [-0.4, -0.2) is 96.3 Å². The molecule has 8 nitrogen and oxygen atoms in total. The molecule has 0 aliphatic rings. The van der Waals surface area contributed by atoms with Crippen LogP contribution in [0.2, 0.25) is 0 Å². The standard InChI is InChI=1S/C37H44N8/c1-43(2)24-10-8-22-38-26-29-14-18-31(19-15-29)35-34-28-40-45(33-12-6-5-7-13-33)37(34)42-36(41-35)32-20-16-30(17-21-32)27-39-23-9-11-25-44(3)4/h5-7,12-21,26-28H,8-11,22-25H2,1-4H3. The average molecular weight is 601 g/mol. The lowest BCUT2D eigenvalue weighted by Crippen LogP contribution is -2.12. The Kier molecular flexibility index (Phi) is 11.3. The van der Waals surface area contributed by atoms with Crippen molar-refractivity contribution in [1.82, 2.24) is 29.5 Å². The molecular weight excluding hydrogens is 556 g/mol. The largest absolute Gasteiger partial charge is 0.309 e. The highest BCUT2D eigenvalue weighted by Gasteiger charge is 2.16. The first kappa shape index (κ1) is 31.9. The van der Waals surface area contributed by atoms with Crippen molar-refractivity contribution in [2.24, 2.45) is 9.98 Å². The number of fused-ring (bicyclic) bond motifs is 1. The van der Waals surface area contributed by atoms with Gasteiger partial charge in [-0.3, -0.25) is 9.98 Å². The summed E-state index contributed by atoms with van der Waals surface area (Å²) < 4.78 is 1.89. The quantitative estimate of drug-likeness (QED) is 0.0991. The number of unbranched alkanes of at least 4 members (excludes halogenated alkanes) is 2. The summed E-state index contributed by atoms with van der Waals surface area (Å²) in [5.74, 6) is 0.658. The molecule has 0 amide bonds. The van der Waals surface area contributed by atoms with E-state index in [0.29, 0.717) is 5.82 Å². The zero-order chi connectivity index (χ0) is 31.4. The number of aliphatic imine (C=N–C) groups is 2. The van der Waals surface area contributed by atoms with Crippen molar-refractivity contribution in [1.29, 1.82) is 0 Å². The zero-order valence-corrected chi connectivity index (χ0v) is 27.0. The number of hydrogen-bond acceptors (Lipinski definition) is 7. The van der Waals surface area contributed by atoms with Crippen LogP contribution >= 0.6 is 0 Å². The summed E-state index contributed by atoms with van der Waals surface area (Å²) in [6.07, 6.45) is 10.3. The number of benzene rings is 3. The van der Waals surface area contributed by atoms with Gasteiger partial charge in [-0.15, -0.1) is 0 Å².